The van der Waals surface area contributed by atoms with Crippen LogP contribution in [0.3, 0.4) is 0 Å². The van der Waals surface area contributed by atoms with E-state index >= 15 is 0 Å². The van der Waals surface area contributed by atoms with E-state index in [9.17, 15) is 0 Å². The third-order valence-corrected chi connectivity index (χ3v) is 5.13. The van der Waals surface area contributed by atoms with E-state index < -0.39 is 0 Å². The highest BCUT2D eigenvalue weighted by Crippen LogP contribution is 2.31. The Balaban J connectivity index is 2.32. The molecule has 0 heterocycles. The van der Waals surface area contributed by atoms with Crippen LogP contribution in [-0.2, 0) is 6.42 Å². The molecule has 0 amide bonds. The first-order chi connectivity index (χ1) is 9.13. The maximum absolute atomic E-state index is 3.67. The second-order valence-corrected chi connectivity index (χ2v) is 6.45. The second kappa shape index (κ2) is 6.71. The summed E-state index contributed by atoms with van der Waals surface area (Å²) >= 11 is 7.34. The molecule has 2 aromatic rings. The Hall–Kier alpha value is -0.600. The molecular weight excluding hydrogens is 364 g/mol. The Morgan fingerprint density at radius 2 is 1.58 bits per heavy atom. The largest absolute Gasteiger partial charge is 0.0921 e. The maximum atomic E-state index is 3.67. The van der Waals surface area contributed by atoms with Gasteiger partial charge in [0.25, 0.3) is 0 Å². The van der Waals surface area contributed by atoms with Crippen molar-refractivity contribution in [1.29, 1.82) is 0 Å². The summed E-state index contributed by atoms with van der Waals surface area (Å²) in [5, 5.41) is 0.976. The van der Waals surface area contributed by atoms with Gasteiger partial charge in [0, 0.05) is 9.80 Å². The van der Waals surface area contributed by atoms with Gasteiger partial charge in [-0.1, -0.05) is 68.3 Å². The molecule has 0 bridgehead atoms. The van der Waals surface area contributed by atoms with Gasteiger partial charge >= 0.3 is 0 Å². The van der Waals surface area contributed by atoms with Crippen LogP contribution in [0, 0.1) is 13.8 Å². The number of halogens is 2. The molecule has 0 aliphatic heterocycles. The fourth-order valence-corrected chi connectivity index (χ4v) is 3.66. The van der Waals surface area contributed by atoms with Gasteiger partial charge in [0.2, 0.25) is 0 Å². The zero-order chi connectivity index (χ0) is 13.8. The summed E-state index contributed by atoms with van der Waals surface area (Å²) < 4.78 is 1.20. The number of benzene rings is 2. The molecule has 0 spiro atoms. The van der Waals surface area contributed by atoms with E-state index in [1.54, 1.807) is 0 Å². The minimum atomic E-state index is 0.496. The van der Waals surface area contributed by atoms with E-state index in [4.69, 9.17) is 0 Å². The number of alkyl halides is 1. The van der Waals surface area contributed by atoms with Gasteiger partial charge in [0.05, 0.1) is 0 Å². The van der Waals surface area contributed by atoms with Crippen molar-refractivity contribution in [1.82, 2.24) is 0 Å². The fraction of sp³-hybridized carbons (Fsp3) is 0.294. The Kier molecular flexibility index (Phi) is 5.23. The van der Waals surface area contributed by atoms with Crippen LogP contribution in [0.25, 0.3) is 0 Å². The molecule has 19 heavy (non-hydrogen) atoms. The molecule has 0 aromatic heterocycles. The molecule has 0 N–H and O–H groups in total. The first kappa shape index (κ1) is 14.8. The summed E-state index contributed by atoms with van der Waals surface area (Å²) in [5.74, 6) is 0.496. The van der Waals surface area contributed by atoms with E-state index in [1.807, 2.05) is 0 Å². The lowest BCUT2D eigenvalue weighted by Gasteiger charge is -2.19. The molecule has 0 fully saturated rings. The van der Waals surface area contributed by atoms with E-state index in [0.29, 0.717) is 5.92 Å². The number of hydrogen-bond acceptors (Lipinski definition) is 0. The van der Waals surface area contributed by atoms with Crippen molar-refractivity contribution < 1.29 is 0 Å². The standard InChI is InChI=1S/C17H18Br2/c1-12-6-5-7-13(2)16(12)10-14(11-18)15-8-3-4-9-17(15)19/h3-9,14H,10-11H2,1-2H3. The molecule has 0 saturated heterocycles. The van der Waals surface area contributed by atoms with Crippen molar-refractivity contribution in [3.63, 3.8) is 0 Å². The lowest BCUT2D eigenvalue weighted by molar-refractivity contribution is 0.763. The first-order valence-electron chi connectivity index (χ1n) is 6.49. The topological polar surface area (TPSA) is 0 Å². The van der Waals surface area contributed by atoms with Crippen LogP contribution in [-0.4, -0.2) is 5.33 Å². The molecule has 2 heteroatoms. The van der Waals surface area contributed by atoms with E-state index in [2.05, 4.69) is 88.2 Å². The van der Waals surface area contributed by atoms with Crippen LogP contribution in [0.15, 0.2) is 46.9 Å². The minimum absolute atomic E-state index is 0.496. The van der Waals surface area contributed by atoms with Gasteiger partial charge < -0.3 is 0 Å². The van der Waals surface area contributed by atoms with Crippen molar-refractivity contribution in [2.24, 2.45) is 0 Å². The van der Waals surface area contributed by atoms with Crippen LogP contribution in [0.5, 0.6) is 0 Å². The van der Waals surface area contributed by atoms with Gasteiger partial charge in [-0.15, -0.1) is 0 Å². The highest BCUT2D eigenvalue weighted by Gasteiger charge is 2.15. The van der Waals surface area contributed by atoms with Crippen LogP contribution in [0.1, 0.15) is 28.2 Å². The van der Waals surface area contributed by atoms with Crippen LogP contribution >= 0.6 is 31.9 Å². The molecule has 0 nitrogen and oxygen atoms in total. The molecule has 2 rings (SSSR count). The van der Waals surface area contributed by atoms with Crippen molar-refractivity contribution in [2.75, 3.05) is 5.33 Å². The lowest BCUT2D eigenvalue weighted by atomic mass is 9.89. The van der Waals surface area contributed by atoms with E-state index in [0.717, 1.165) is 11.8 Å². The molecule has 1 unspecified atom stereocenters. The molecule has 2 aromatic carbocycles. The third kappa shape index (κ3) is 3.49. The molecule has 100 valence electrons. The van der Waals surface area contributed by atoms with Crippen LogP contribution in [0.2, 0.25) is 0 Å². The van der Waals surface area contributed by atoms with Crippen molar-refractivity contribution >= 4 is 31.9 Å². The quantitative estimate of drug-likeness (QED) is 0.588. The Morgan fingerprint density at radius 3 is 2.16 bits per heavy atom. The van der Waals surface area contributed by atoms with Gasteiger partial charge in [0.1, 0.15) is 0 Å². The highest BCUT2D eigenvalue weighted by molar-refractivity contribution is 9.10. The average molecular weight is 382 g/mol. The van der Waals surface area contributed by atoms with Gasteiger partial charge in [0.15, 0.2) is 0 Å². The molecule has 0 saturated carbocycles. The Bertz CT molecular complexity index is 541. The van der Waals surface area contributed by atoms with Crippen molar-refractivity contribution in [2.45, 2.75) is 26.2 Å². The third-order valence-electron chi connectivity index (χ3n) is 3.63. The SMILES string of the molecule is Cc1cccc(C)c1CC(CBr)c1ccccc1Br. The highest BCUT2D eigenvalue weighted by atomic mass is 79.9. The number of aryl methyl sites for hydroxylation is 2. The van der Waals surface area contributed by atoms with Crippen molar-refractivity contribution in [3.05, 3.63) is 69.2 Å². The average Bonchev–Trinajstić information content (AvgIpc) is 2.40. The maximum Gasteiger partial charge on any atom is 0.0210 e. The molecule has 1 atom stereocenters. The fourth-order valence-electron chi connectivity index (χ4n) is 2.47. The summed E-state index contributed by atoms with van der Waals surface area (Å²) in [6.07, 6.45) is 1.08. The van der Waals surface area contributed by atoms with E-state index in [-0.39, 0.29) is 0 Å². The zero-order valence-electron chi connectivity index (χ0n) is 11.3. The summed E-state index contributed by atoms with van der Waals surface area (Å²) in [5.41, 5.74) is 5.63. The first-order valence-corrected chi connectivity index (χ1v) is 8.40. The van der Waals surface area contributed by atoms with Gasteiger partial charge in [-0.3, -0.25) is 0 Å². The summed E-state index contributed by atoms with van der Waals surface area (Å²) in [6, 6.07) is 15.1. The Labute approximate surface area is 132 Å². The summed E-state index contributed by atoms with van der Waals surface area (Å²) in [7, 11) is 0. The molecule has 0 aliphatic carbocycles. The lowest BCUT2D eigenvalue weighted by Crippen LogP contribution is -2.07. The minimum Gasteiger partial charge on any atom is -0.0921 e. The summed E-state index contributed by atoms with van der Waals surface area (Å²) in [4.78, 5) is 0. The summed E-state index contributed by atoms with van der Waals surface area (Å²) in [6.45, 7) is 4.40. The van der Waals surface area contributed by atoms with Crippen LogP contribution < -0.4 is 0 Å². The Morgan fingerprint density at radius 1 is 0.947 bits per heavy atom. The zero-order valence-corrected chi connectivity index (χ0v) is 14.5. The van der Waals surface area contributed by atoms with Crippen molar-refractivity contribution in [3.8, 4) is 0 Å². The molecule has 0 aliphatic rings. The van der Waals surface area contributed by atoms with Gasteiger partial charge in [-0.2, -0.15) is 0 Å². The number of rotatable bonds is 4. The molecular formula is C17H18Br2. The predicted octanol–water partition coefficient (Wildman–Crippen LogP) is 5.79. The van der Waals surface area contributed by atoms with E-state index in [1.165, 1.54) is 26.7 Å². The van der Waals surface area contributed by atoms with Crippen LogP contribution in [0.4, 0.5) is 0 Å². The number of hydrogen-bond donors (Lipinski definition) is 0. The monoisotopic (exact) mass is 380 g/mol. The van der Waals surface area contributed by atoms with Gasteiger partial charge in [-0.05, 0) is 54.5 Å². The normalized spacial score (nSPS) is 12.4. The van der Waals surface area contributed by atoms with Gasteiger partial charge in [-0.25, -0.2) is 0 Å². The molecule has 0 radical (unpaired) electrons. The second-order valence-electron chi connectivity index (χ2n) is 4.95. The smallest absolute Gasteiger partial charge is 0.0210 e. The predicted molar refractivity (Wildman–Crippen MR) is 90.3 cm³/mol.